The average Bonchev–Trinajstić information content (AvgIpc) is 2.71. The predicted molar refractivity (Wildman–Crippen MR) is 117 cm³/mol. The van der Waals surface area contributed by atoms with E-state index in [9.17, 15) is 9.59 Å². The first-order valence-corrected chi connectivity index (χ1v) is 10.2. The number of amides is 2. The number of carbonyl (C=O) groups excluding carboxylic acids is 2. The van der Waals surface area contributed by atoms with E-state index in [0.717, 1.165) is 11.1 Å². The zero-order valence-corrected chi connectivity index (χ0v) is 18.6. The molecular formula is C22H26Cl2N2O3. The Morgan fingerprint density at radius 3 is 2.38 bits per heavy atom. The maximum atomic E-state index is 13.0. The van der Waals surface area contributed by atoms with Crippen LogP contribution in [0.15, 0.2) is 42.5 Å². The summed E-state index contributed by atoms with van der Waals surface area (Å²) in [4.78, 5) is 26.6. The van der Waals surface area contributed by atoms with E-state index >= 15 is 0 Å². The molecule has 0 unspecified atom stereocenters. The molecular weight excluding hydrogens is 411 g/mol. The standard InChI is InChI=1S/C22H26Cl2N2O3/c1-14(2)17-7-5-6-8-20(17)29-13-21(27)26(15(3)22(28)25-4)12-16-9-10-18(23)19(24)11-16/h5-11,14-15H,12-13H2,1-4H3,(H,25,28)/t15-/m1/s1. The van der Waals surface area contributed by atoms with Gasteiger partial charge in [0.15, 0.2) is 6.61 Å². The summed E-state index contributed by atoms with van der Waals surface area (Å²) in [6, 6.07) is 12.1. The molecule has 0 aromatic heterocycles. The highest BCUT2D eigenvalue weighted by Crippen LogP contribution is 2.26. The fraction of sp³-hybridized carbons (Fsp3) is 0.364. The molecule has 0 bridgehead atoms. The molecule has 29 heavy (non-hydrogen) atoms. The van der Waals surface area contributed by atoms with E-state index in [-0.39, 0.29) is 30.9 Å². The zero-order valence-electron chi connectivity index (χ0n) is 17.0. The van der Waals surface area contributed by atoms with Crippen molar-refractivity contribution in [3.8, 4) is 5.75 Å². The van der Waals surface area contributed by atoms with Crippen LogP contribution in [0.3, 0.4) is 0 Å². The summed E-state index contributed by atoms with van der Waals surface area (Å²) in [5.41, 5.74) is 1.79. The Kier molecular flexibility index (Phi) is 8.35. The molecule has 5 nitrogen and oxygen atoms in total. The minimum absolute atomic E-state index is 0.174. The largest absolute Gasteiger partial charge is 0.483 e. The normalized spacial score (nSPS) is 11.8. The van der Waals surface area contributed by atoms with Crippen LogP contribution in [0, 0.1) is 0 Å². The highest BCUT2D eigenvalue weighted by Gasteiger charge is 2.26. The summed E-state index contributed by atoms with van der Waals surface area (Å²) >= 11 is 12.1. The molecule has 1 N–H and O–H groups in total. The van der Waals surface area contributed by atoms with Crippen molar-refractivity contribution in [3.63, 3.8) is 0 Å². The number of benzene rings is 2. The first kappa shape index (κ1) is 23.0. The van der Waals surface area contributed by atoms with Crippen LogP contribution in [0.5, 0.6) is 5.75 Å². The first-order chi connectivity index (χ1) is 13.7. The number of nitrogens with zero attached hydrogens (tertiary/aromatic N) is 1. The Hall–Kier alpha value is -2.24. The lowest BCUT2D eigenvalue weighted by atomic mass is 10.0. The van der Waals surface area contributed by atoms with Gasteiger partial charge in [-0.1, -0.05) is 61.3 Å². The fourth-order valence-electron chi connectivity index (χ4n) is 2.94. The van der Waals surface area contributed by atoms with E-state index < -0.39 is 6.04 Å². The minimum Gasteiger partial charge on any atom is -0.483 e. The maximum Gasteiger partial charge on any atom is 0.261 e. The summed E-state index contributed by atoms with van der Waals surface area (Å²) in [6.45, 7) is 5.84. The monoisotopic (exact) mass is 436 g/mol. The number of hydrogen-bond donors (Lipinski definition) is 1. The van der Waals surface area contributed by atoms with Gasteiger partial charge >= 0.3 is 0 Å². The third kappa shape index (κ3) is 6.12. The lowest BCUT2D eigenvalue weighted by Crippen LogP contribution is -2.48. The number of nitrogens with one attached hydrogen (secondary N) is 1. The van der Waals surface area contributed by atoms with Crippen LogP contribution in [-0.2, 0) is 16.1 Å². The molecule has 0 saturated carbocycles. The Bertz CT molecular complexity index is 871. The summed E-state index contributed by atoms with van der Waals surface area (Å²) in [5, 5.41) is 3.41. The molecule has 0 spiro atoms. The molecule has 0 aliphatic carbocycles. The third-order valence-electron chi connectivity index (χ3n) is 4.64. The van der Waals surface area contributed by atoms with Gasteiger partial charge in [-0.15, -0.1) is 0 Å². The van der Waals surface area contributed by atoms with Crippen molar-refractivity contribution in [1.29, 1.82) is 0 Å². The number of halogens is 2. The molecule has 0 heterocycles. The molecule has 0 fully saturated rings. The molecule has 156 valence electrons. The van der Waals surface area contributed by atoms with E-state index in [1.165, 1.54) is 11.9 Å². The van der Waals surface area contributed by atoms with Gasteiger partial charge in [0.25, 0.3) is 5.91 Å². The Labute approximate surface area is 181 Å². The van der Waals surface area contributed by atoms with E-state index in [2.05, 4.69) is 19.2 Å². The van der Waals surface area contributed by atoms with Gasteiger partial charge in [0.2, 0.25) is 5.91 Å². The molecule has 2 aromatic carbocycles. The van der Waals surface area contributed by atoms with Crippen LogP contribution in [0.1, 0.15) is 37.8 Å². The second kappa shape index (κ2) is 10.5. The lowest BCUT2D eigenvalue weighted by Gasteiger charge is -2.28. The summed E-state index contributed by atoms with van der Waals surface area (Å²) in [7, 11) is 1.54. The SMILES string of the molecule is CNC(=O)[C@@H](C)N(Cc1ccc(Cl)c(Cl)c1)C(=O)COc1ccccc1C(C)C. The topological polar surface area (TPSA) is 58.6 Å². The number of hydrogen-bond acceptors (Lipinski definition) is 3. The summed E-state index contributed by atoms with van der Waals surface area (Å²) in [5.74, 6) is 0.364. The lowest BCUT2D eigenvalue weighted by molar-refractivity contribution is -0.142. The van der Waals surface area contributed by atoms with E-state index in [0.29, 0.717) is 15.8 Å². The van der Waals surface area contributed by atoms with E-state index in [1.54, 1.807) is 25.1 Å². The van der Waals surface area contributed by atoms with Crippen LogP contribution in [0.4, 0.5) is 0 Å². The third-order valence-corrected chi connectivity index (χ3v) is 5.38. The van der Waals surface area contributed by atoms with Gasteiger partial charge in [-0.05, 0) is 42.2 Å². The van der Waals surface area contributed by atoms with Crippen LogP contribution in [-0.4, -0.2) is 36.4 Å². The van der Waals surface area contributed by atoms with Gasteiger partial charge in [-0.2, -0.15) is 0 Å². The minimum atomic E-state index is -0.675. The van der Waals surface area contributed by atoms with Crippen molar-refractivity contribution in [3.05, 3.63) is 63.6 Å². The highest BCUT2D eigenvalue weighted by molar-refractivity contribution is 6.42. The van der Waals surface area contributed by atoms with Crippen LogP contribution in [0.25, 0.3) is 0 Å². The predicted octanol–water partition coefficient (Wildman–Crippen LogP) is 4.66. The summed E-state index contributed by atoms with van der Waals surface area (Å²) in [6.07, 6.45) is 0. The van der Waals surface area contributed by atoms with Gasteiger partial charge in [-0.3, -0.25) is 9.59 Å². The fourth-order valence-corrected chi connectivity index (χ4v) is 3.26. The van der Waals surface area contributed by atoms with Crippen molar-refractivity contribution in [2.45, 2.75) is 39.3 Å². The van der Waals surface area contributed by atoms with Crippen molar-refractivity contribution < 1.29 is 14.3 Å². The van der Waals surface area contributed by atoms with Crippen LogP contribution in [0.2, 0.25) is 10.0 Å². The number of ether oxygens (including phenoxy) is 1. The average molecular weight is 437 g/mol. The molecule has 7 heteroatoms. The first-order valence-electron chi connectivity index (χ1n) is 9.41. The van der Waals surface area contributed by atoms with Crippen molar-refractivity contribution in [1.82, 2.24) is 10.2 Å². The van der Waals surface area contributed by atoms with Gasteiger partial charge in [0.05, 0.1) is 10.0 Å². The molecule has 0 saturated heterocycles. The van der Waals surface area contributed by atoms with Crippen molar-refractivity contribution in [2.24, 2.45) is 0 Å². The number of rotatable bonds is 8. The van der Waals surface area contributed by atoms with E-state index in [1.807, 2.05) is 24.3 Å². The second-order valence-electron chi connectivity index (χ2n) is 7.04. The van der Waals surface area contributed by atoms with Crippen LogP contribution >= 0.6 is 23.2 Å². The van der Waals surface area contributed by atoms with Gasteiger partial charge in [-0.25, -0.2) is 0 Å². The van der Waals surface area contributed by atoms with Gasteiger partial charge in [0, 0.05) is 13.6 Å². The smallest absolute Gasteiger partial charge is 0.261 e. The maximum absolute atomic E-state index is 13.0. The quantitative estimate of drug-likeness (QED) is 0.654. The second-order valence-corrected chi connectivity index (χ2v) is 7.86. The zero-order chi connectivity index (χ0) is 21.6. The molecule has 2 aromatic rings. The van der Waals surface area contributed by atoms with E-state index in [4.69, 9.17) is 27.9 Å². The van der Waals surface area contributed by atoms with Gasteiger partial charge in [0.1, 0.15) is 11.8 Å². The molecule has 2 rings (SSSR count). The number of carbonyl (C=O) groups is 2. The van der Waals surface area contributed by atoms with Crippen LogP contribution < -0.4 is 10.1 Å². The molecule has 2 amide bonds. The Morgan fingerprint density at radius 2 is 1.76 bits per heavy atom. The Morgan fingerprint density at radius 1 is 1.07 bits per heavy atom. The highest BCUT2D eigenvalue weighted by atomic mass is 35.5. The Balaban J connectivity index is 2.20. The van der Waals surface area contributed by atoms with Crippen molar-refractivity contribution in [2.75, 3.05) is 13.7 Å². The number of likely N-dealkylation sites (N-methyl/N-ethyl adjacent to an activating group) is 1. The van der Waals surface area contributed by atoms with Gasteiger partial charge < -0.3 is 15.0 Å². The molecule has 0 radical (unpaired) electrons. The molecule has 0 aliphatic heterocycles. The molecule has 1 atom stereocenters. The number of para-hydroxylation sites is 1. The summed E-state index contributed by atoms with van der Waals surface area (Å²) < 4.78 is 5.82. The van der Waals surface area contributed by atoms with Crippen molar-refractivity contribution >= 4 is 35.0 Å². The molecule has 0 aliphatic rings.